The first-order valence-electron chi connectivity index (χ1n) is 7.42. The normalized spacial score (nSPS) is 12.4. The molecule has 0 radical (unpaired) electrons. The van der Waals surface area contributed by atoms with Gasteiger partial charge in [-0.3, -0.25) is 4.79 Å². The van der Waals surface area contributed by atoms with Gasteiger partial charge in [-0.05, 0) is 35.7 Å². The maximum atomic E-state index is 11.9. The van der Waals surface area contributed by atoms with Gasteiger partial charge in [0.1, 0.15) is 11.5 Å². The fourth-order valence-electron chi connectivity index (χ4n) is 2.46. The Hall–Kier alpha value is -2.49. The van der Waals surface area contributed by atoms with Gasteiger partial charge in [0.25, 0.3) is 5.91 Å². The summed E-state index contributed by atoms with van der Waals surface area (Å²) in [6, 6.07) is 13.7. The van der Waals surface area contributed by atoms with Crippen LogP contribution in [-0.4, -0.2) is 19.1 Å². The minimum absolute atomic E-state index is 0.0267. The average Bonchev–Trinajstić information content (AvgIpc) is 2.99. The fraction of sp³-hybridized carbons (Fsp3) is 0.278. The van der Waals surface area contributed by atoms with Gasteiger partial charge in [-0.2, -0.15) is 0 Å². The van der Waals surface area contributed by atoms with Gasteiger partial charge in [0.2, 0.25) is 0 Å². The molecule has 4 nitrogen and oxygen atoms in total. The molecule has 0 aliphatic carbocycles. The third-order valence-electron chi connectivity index (χ3n) is 3.70. The molecule has 2 aromatic carbocycles. The third kappa shape index (κ3) is 3.39. The molecule has 1 heterocycles. The SMILES string of the molecule is Cc1ccccc1OCC(=O)NCc1ccc2c(c1)CCO2. The second kappa shape index (κ2) is 6.52. The first kappa shape index (κ1) is 14.4. The van der Waals surface area contributed by atoms with Crippen molar-refractivity contribution in [3.8, 4) is 11.5 Å². The van der Waals surface area contributed by atoms with Crippen molar-refractivity contribution in [3.05, 3.63) is 59.2 Å². The van der Waals surface area contributed by atoms with E-state index in [0.717, 1.165) is 35.7 Å². The summed E-state index contributed by atoms with van der Waals surface area (Å²) in [5, 5.41) is 2.88. The van der Waals surface area contributed by atoms with Gasteiger partial charge in [0.05, 0.1) is 6.61 Å². The van der Waals surface area contributed by atoms with Gasteiger partial charge in [-0.25, -0.2) is 0 Å². The molecule has 1 N–H and O–H groups in total. The Labute approximate surface area is 130 Å². The first-order chi connectivity index (χ1) is 10.7. The molecular weight excluding hydrogens is 278 g/mol. The Kier molecular flexibility index (Phi) is 4.28. The van der Waals surface area contributed by atoms with Gasteiger partial charge < -0.3 is 14.8 Å². The number of amides is 1. The average molecular weight is 297 g/mol. The van der Waals surface area contributed by atoms with E-state index in [0.29, 0.717) is 6.54 Å². The summed E-state index contributed by atoms with van der Waals surface area (Å²) in [4.78, 5) is 11.9. The van der Waals surface area contributed by atoms with E-state index in [1.807, 2.05) is 43.3 Å². The van der Waals surface area contributed by atoms with Gasteiger partial charge in [-0.15, -0.1) is 0 Å². The Bertz CT molecular complexity index is 682. The van der Waals surface area contributed by atoms with Crippen LogP contribution in [-0.2, 0) is 17.8 Å². The van der Waals surface area contributed by atoms with E-state index >= 15 is 0 Å². The molecule has 0 atom stereocenters. The van der Waals surface area contributed by atoms with Crippen molar-refractivity contribution in [2.45, 2.75) is 19.9 Å². The third-order valence-corrected chi connectivity index (χ3v) is 3.70. The van der Waals surface area contributed by atoms with Crippen molar-refractivity contribution in [2.24, 2.45) is 0 Å². The molecule has 1 aliphatic rings. The summed E-state index contributed by atoms with van der Waals surface area (Å²) >= 11 is 0. The van der Waals surface area contributed by atoms with Crippen LogP contribution in [0.4, 0.5) is 0 Å². The molecule has 3 rings (SSSR count). The van der Waals surface area contributed by atoms with E-state index in [1.54, 1.807) is 0 Å². The molecule has 0 spiro atoms. The van der Waals surface area contributed by atoms with E-state index in [-0.39, 0.29) is 12.5 Å². The Balaban J connectivity index is 1.49. The minimum atomic E-state index is -0.125. The lowest BCUT2D eigenvalue weighted by atomic mass is 10.1. The predicted molar refractivity (Wildman–Crippen MR) is 84.2 cm³/mol. The molecule has 114 valence electrons. The predicted octanol–water partition coefficient (Wildman–Crippen LogP) is 2.63. The standard InChI is InChI=1S/C18H19NO3/c1-13-4-2-3-5-16(13)22-12-18(20)19-11-14-6-7-17-15(10-14)8-9-21-17/h2-7,10H,8-9,11-12H2,1H3,(H,19,20). The number of aryl methyl sites for hydroxylation is 1. The number of nitrogens with one attached hydrogen (secondary N) is 1. The monoisotopic (exact) mass is 297 g/mol. The summed E-state index contributed by atoms with van der Waals surface area (Å²) in [6.07, 6.45) is 0.938. The quantitative estimate of drug-likeness (QED) is 0.923. The van der Waals surface area contributed by atoms with Crippen molar-refractivity contribution in [2.75, 3.05) is 13.2 Å². The van der Waals surface area contributed by atoms with Gasteiger partial charge in [0.15, 0.2) is 6.61 Å². The number of hydrogen-bond donors (Lipinski definition) is 1. The highest BCUT2D eigenvalue weighted by molar-refractivity contribution is 5.77. The maximum Gasteiger partial charge on any atom is 0.258 e. The number of benzene rings is 2. The van der Waals surface area contributed by atoms with Crippen molar-refractivity contribution < 1.29 is 14.3 Å². The molecule has 0 aromatic heterocycles. The smallest absolute Gasteiger partial charge is 0.258 e. The minimum Gasteiger partial charge on any atom is -0.493 e. The zero-order chi connectivity index (χ0) is 15.4. The molecule has 0 saturated heterocycles. The molecular formula is C18H19NO3. The van der Waals surface area contributed by atoms with Crippen molar-refractivity contribution >= 4 is 5.91 Å². The topological polar surface area (TPSA) is 47.6 Å². The zero-order valence-electron chi connectivity index (χ0n) is 12.6. The molecule has 4 heteroatoms. The molecule has 0 unspecified atom stereocenters. The van der Waals surface area contributed by atoms with Crippen molar-refractivity contribution in [1.82, 2.24) is 5.32 Å². The van der Waals surface area contributed by atoms with Crippen molar-refractivity contribution in [1.29, 1.82) is 0 Å². The van der Waals surface area contributed by atoms with Gasteiger partial charge in [0, 0.05) is 13.0 Å². The number of carbonyl (C=O) groups is 1. The van der Waals surface area contributed by atoms with E-state index in [4.69, 9.17) is 9.47 Å². The van der Waals surface area contributed by atoms with Crippen LogP contribution in [0.25, 0.3) is 0 Å². The number of ether oxygens (including phenoxy) is 2. The highest BCUT2D eigenvalue weighted by Crippen LogP contribution is 2.25. The van der Waals surface area contributed by atoms with Crippen LogP contribution in [0.5, 0.6) is 11.5 Å². The van der Waals surface area contributed by atoms with Gasteiger partial charge >= 0.3 is 0 Å². The summed E-state index contributed by atoms with van der Waals surface area (Å²) in [7, 11) is 0. The Morgan fingerprint density at radius 3 is 3.00 bits per heavy atom. The van der Waals surface area contributed by atoms with Crippen LogP contribution >= 0.6 is 0 Å². The second-order valence-corrected chi connectivity index (χ2v) is 5.37. The van der Waals surface area contributed by atoms with E-state index in [9.17, 15) is 4.79 Å². The lowest BCUT2D eigenvalue weighted by Gasteiger charge is -2.10. The number of para-hydroxylation sites is 1. The van der Waals surface area contributed by atoms with Crippen LogP contribution < -0.4 is 14.8 Å². The zero-order valence-corrected chi connectivity index (χ0v) is 12.6. The van der Waals surface area contributed by atoms with Gasteiger partial charge in [-0.1, -0.05) is 30.3 Å². The molecule has 1 aliphatic heterocycles. The van der Waals surface area contributed by atoms with E-state index in [1.165, 1.54) is 5.56 Å². The number of hydrogen-bond acceptors (Lipinski definition) is 3. The second-order valence-electron chi connectivity index (χ2n) is 5.37. The Morgan fingerprint density at radius 1 is 1.27 bits per heavy atom. The van der Waals surface area contributed by atoms with Crippen LogP contribution in [0.15, 0.2) is 42.5 Å². The summed E-state index contributed by atoms with van der Waals surface area (Å²) in [6.45, 7) is 3.23. The maximum absolute atomic E-state index is 11.9. The summed E-state index contributed by atoms with van der Waals surface area (Å²) in [5.74, 6) is 1.57. The highest BCUT2D eigenvalue weighted by atomic mass is 16.5. The molecule has 0 bridgehead atoms. The molecule has 0 fully saturated rings. The lowest BCUT2D eigenvalue weighted by molar-refractivity contribution is -0.123. The number of fused-ring (bicyclic) bond motifs is 1. The highest BCUT2D eigenvalue weighted by Gasteiger charge is 2.12. The molecule has 2 aromatic rings. The van der Waals surface area contributed by atoms with Crippen LogP contribution in [0.2, 0.25) is 0 Å². The van der Waals surface area contributed by atoms with E-state index < -0.39 is 0 Å². The lowest BCUT2D eigenvalue weighted by Crippen LogP contribution is -2.28. The van der Waals surface area contributed by atoms with Crippen LogP contribution in [0.3, 0.4) is 0 Å². The first-order valence-corrected chi connectivity index (χ1v) is 7.42. The fourth-order valence-corrected chi connectivity index (χ4v) is 2.46. The molecule has 0 saturated carbocycles. The molecule has 22 heavy (non-hydrogen) atoms. The van der Waals surface area contributed by atoms with Crippen molar-refractivity contribution in [3.63, 3.8) is 0 Å². The molecule has 1 amide bonds. The summed E-state index contributed by atoms with van der Waals surface area (Å²) < 4.78 is 11.0. The summed E-state index contributed by atoms with van der Waals surface area (Å²) in [5.41, 5.74) is 3.31. The van der Waals surface area contributed by atoms with Crippen LogP contribution in [0.1, 0.15) is 16.7 Å². The van der Waals surface area contributed by atoms with E-state index in [2.05, 4.69) is 11.4 Å². The number of rotatable bonds is 5. The van der Waals surface area contributed by atoms with Crippen LogP contribution in [0, 0.1) is 6.92 Å². The Morgan fingerprint density at radius 2 is 2.14 bits per heavy atom. The number of carbonyl (C=O) groups excluding carboxylic acids is 1. The largest absolute Gasteiger partial charge is 0.493 e.